The van der Waals surface area contributed by atoms with E-state index in [1.165, 1.54) is 5.56 Å². The number of ether oxygens (including phenoxy) is 1. The second-order valence-corrected chi connectivity index (χ2v) is 14.7. The van der Waals surface area contributed by atoms with Crippen LogP contribution in [0.4, 0.5) is 8.78 Å². The van der Waals surface area contributed by atoms with E-state index in [4.69, 9.17) is 14.1 Å². The van der Waals surface area contributed by atoms with Gasteiger partial charge in [0.2, 0.25) is 6.43 Å². The van der Waals surface area contributed by atoms with Crippen LogP contribution >= 0.6 is 0 Å². The zero-order chi connectivity index (χ0) is 35.2. The third-order valence-corrected chi connectivity index (χ3v) is 9.01. The summed E-state index contributed by atoms with van der Waals surface area (Å²) in [6.07, 6.45) is 1.45. The van der Waals surface area contributed by atoms with Gasteiger partial charge in [-0.15, -0.1) is 28.8 Å². The molecule has 0 unspecified atom stereocenters. The van der Waals surface area contributed by atoms with Crippen LogP contribution in [0.5, 0.6) is 11.5 Å². The van der Waals surface area contributed by atoms with Gasteiger partial charge in [-0.3, -0.25) is 0 Å². The number of aryl methyl sites for hydroxylation is 1. The summed E-state index contributed by atoms with van der Waals surface area (Å²) >= 11 is 0. The summed E-state index contributed by atoms with van der Waals surface area (Å²) in [4.78, 5) is 9.34. The molecule has 0 N–H and O–H groups in total. The zero-order valence-electron chi connectivity index (χ0n) is 29.4. The molecule has 3 aromatic heterocycles. The van der Waals surface area contributed by atoms with Gasteiger partial charge in [-0.25, -0.2) is 8.78 Å². The number of hydrogen-bond acceptors (Lipinski definition) is 4. The van der Waals surface area contributed by atoms with E-state index < -0.39 is 11.8 Å². The fraction of sp³-hybridized carbons (Fsp3) is 0.227. The maximum atomic E-state index is 13.5. The third kappa shape index (κ3) is 7.82. The van der Waals surface area contributed by atoms with Crippen LogP contribution in [-0.4, -0.2) is 16.4 Å². The first-order valence-electron chi connectivity index (χ1n) is 16.7. The molecular weight excluding hydrogens is 822 g/mol. The van der Waals surface area contributed by atoms with Crippen LogP contribution in [0.1, 0.15) is 51.3 Å². The Morgan fingerprint density at radius 1 is 0.765 bits per heavy atom. The molecule has 7 heteroatoms. The van der Waals surface area contributed by atoms with E-state index in [0.29, 0.717) is 28.5 Å². The van der Waals surface area contributed by atoms with Gasteiger partial charge in [-0.1, -0.05) is 113 Å². The summed E-state index contributed by atoms with van der Waals surface area (Å²) < 4.78 is 39.9. The molecule has 0 amide bonds. The predicted molar refractivity (Wildman–Crippen MR) is 197 cm³/mol. The summed E-state index contributed by atoms with van der Waals surface area (Å²) in [6.45, 7) is 11.8. The molecule has 7 aromatic rings. The zero-order valence-corrected chi connectivity index (χ0v) is 31.7. The number of aromatic nitrogens is 2. The number of fused-ring (bicyclic) bond motifs is 2. The first-order chi connectivity index (χ1) is 23.8. The average molecular weight is 860 g/mol. The van der Waals surface area contributed by atoms with Crippen LogP contribution < -0.4 is 4.74 Å². The number of halogens is 2. The maximum Gasteiger partial charge on any atom is 2.00 e. The number of nitrogens with zero attached hydrogens (tertiary/aromatic N) is 2. The van der Waals surface area contributed by atoms with Crippen molar-refractivity contribution in [2.75, 3.05) is 0 Å². The van der Waals surface area contributed by atoms with E-state index in [2.05, 4.69) is 62.2 Å². The number of hydrogen-bond donors (Lipinski definition) is 0. The standard InChI is InChI=1S/C44H38F2N2O2.Pt/c1-27-17-31(38-25-34(14-16-48-38)43(2,3)4)21-35(18-27)49-41-23-32(20-29-9-7-8-10-36(29)41)37-22-30(13-15-47-37)40-24-33-19-28(11-12-39(33)50-40)26-44(5,6)42(45)46;/h7-20,22,24-25,42H,26H2,1-6H3;/q-2;+2. The minimum Gasteiger partial charge on any atom is -0.496 e. The molecule has 0 fully saturated rings. The molecular formula is C44H38F2N2O2Pt. The maximum absolute atomic E-state index is 13.5. The van der Waals surface area contributed by atoms with Crippen molar-refractivity contribution in [3.8, 4) is 45.3 Å². The summed E-state index contributed by atoms with van der Waals surface area (Å²) in [5.74, 6) is 1.80. The molecule has 4 nitrogen and oxygen atoms in total. The number of furan rings is 1. The average Bonchev–Trinajstić information content (AvgIpc) is 3.51. The van der Waals surface area contributed by atoms with Gasteiger partial charge in [-0.2, -0.15) is 0 Å². The quantitative estimate of drug-likeness (QED) is 0.143. The smallest absolute Gasteiger partial charge is 0.496 e. The molecule has 0 aliphatic heterocycles. The van der Waals surface area contributed by atoms with Crippen molar-refractivity contribution < 1.29 is 39.0 Å². The van der Waals surface area contributed by atoms with Gasteiger partial charge >= 0.3 is 21.1 Å². The molecule has 7 rings (SSSR count). The van der Waals surface area contributed by atoms with Crippen molar-refractivity contribution in [2.45, 2.75) is 59.8 Å². The Morgan fingerprint density at radius 2 is 1.49 bits per heavy atom. The molecule has 0 radical (unpaired) electrons. The van der Waals surface area contributed by atoms with Gasteiger partial charge in [0.05, 0.1) is 5.75 Å². The third-order valence-electron chi connectivity index (χ3n) is 9.01. The number of rotatable bonds is 8. The summed E-state index contributed by atoms with van der Waals surface area (Å²) in [5, 5.41) is 2.77. The topological polar surface area (TPSA) is 48.2 Å². The summed E-state index contributed by atoms with van der Waals surface area (Å²) in [7, 11) is 0. The summed E-state index contributed by atoms with van der Waals surface area (Å²) in [5.41, 5.74) is 6.64. The molecule has 51 heavy (non-hydrogen) atoms. The Kier molecular flexibility index (Phi) is 10.0. The van der Waals surface area contributed by atoms with Crippen LogP contribution in [-0.2, 0) is 32.9 Å². The van der Waals surface area contributed by atoms with Crippen LogP contribution in [0.15, 0.2) is 108 Å². The van der Waals surface area contributed by atoms with Crippen molar-refractivity contribution in [1.29, 1.82) is 0 Å². The molecule has 0 saturated carbocycles. The van der Waals surface area contributed by atoms with Crippen LogP contribution in [0.25, 0.3) is 55.6 Å². The summed E-state index contributed by atoms with van der Waals surface area (Å²) in [6, 6.07) is 36.7. The van der Waals surface area contributed by atoms with E-state index in [9.17, 15) is 8.78 Å². The van der Waals surface area contributed by atoms with Crippen LogP contribution in [0, 0.1) is 24.5 Å². The first-order valence-corrected chi connectivity index (χ1v) is 16.7. The number of pyridine rings is 2. The molecule has 0 saturated heterocycles. The Hall–Kier alpha value is -4.67. The normalized spacial score (nSPS) is 12.0. The fourth-order valence-electron chi connectivity index (χ4n) is 6.14. The van der Waals surface area contributed by atoms with Gasteiger partial charge in [0, 0.05) is 34.5 Å². The van der Waals surface area contributed by atoms with E-state index in [0.717, 1.165) is 49.7 Å². The van der Waals surface area contributed by atoms with Crippen molar-refractivity contribution in [3.05, 3.63) is 132 Å². The van der Waals surface area contributed by atoms with Crippen molar-refractivity contribution in [2.24, 2.45) is 5.41 Å². The number of benzene rings is 4. The van der Waals surface area contributed by atoms with E-state index in [-0.39, 0.29) is 32.9 Å². The van der Waals surface area contributed by atoms with Gasteiger partial charge in [0.1, 0.15) is 11.3 Å². The molecule has 0 spiro atoms. The molecule has 4 aromatic carbocycles. The fourth-order valence-corrected chi connectivity index (χ4v) is 6.14. The molecule has 0 aliphatic rings. The Labute approximate surface area is 312 Å². The first kappa shape index (κ1) is 36.1. The van der Waals surface area contributed by atoms with Gasteiger partial charge < -0.3 is 19.1 Å². The van der Waals surface area contributed by atoms with Crippen LogP contribution in [0.2, 0.25) is 0 Å². The molecule has 0 aliphatic carbocycles. The van der Waals surface area contributed by atoms with Crippen molar-refractivity contribution in [3.63, 3.8) is 0 Å². The van der Waals surface area contributed by atoms with Gasteiger partial charge in [-0.05, 0) is 64.7 Å². The Bertz CT molecular complexity index is 2360. The molecule has 0 atom stereocenters. The largest absolute Gasteiger partial charge is 2.00 e. The van der Waals surface area contributed by atoms with Gasteiger partial charge in [0.15, 0.2) is 0 Å². The monoisotopic (exact) mass is 859 g/mol. The van der Waals surface area contributed by atoms with Crippen molar-refractivity contribution >= 4 is 21.7 Å². The minimum absolute atomic E-state index is 0. The molecule has 3 heterocycles. The van der Waals surface area contributed by atoms with E-state index in [1.807, 2.05) is 79.9 Å². The van der Waals surface area contributed by atoms with Crippen LogP contribution in [0.3, 0.4) is 0 Å². The number of alkyl halides is 2. The van der Waals surface area contributed by atoms with E-state index >= 15 is 0 Å². The molecule has 260 valence electrons. The minimum atomic E-state index is -2.41. The Balaban J connectivity index is 0.00000448. The van der Waals surface area contributed by atoms with Crippen molar-refractivity contribution in [1.82, 2.24) is 9.97 Å². The van der Waals surface area contributed by atoms with E-state index in [1.54, 1.807) is 20.0 Å². The van der Waals surface area contributed by atoms with Gasteiger partial charge in [0.25, 0.3) is 0 Å². The molecule has 0 bridgehead atoms. The predicted octanol–water partition coefficient (Wildman–Crippen LogP) is 12.2. The SMILES string of the molecule is Cc1cc(Oc2[c-]c(-c3cc(-c4cc5cc(CC(C)(C)C(F)F)ccc5o4)ccn3)cc3ccccc23)[c-]c(-c2cc(C(C)(C)C)ccn2)c1.[Pt+2]. The Morgan fingerprint density at radius 3 is 2.25 bits per heavy atom. The second kappa shape index (κ2) is 14.2. The second-order valence-electron chi connectivity index (χ2n) is 14.7.